The Morgan fingerprint density at radius 3 is 1.72 bits per heavy atom. The van der Waals surface area contributed by atoms with Gasteiger partial charge in [-0.25, -0.2) is 0 Å². The number of hydrogen-bond acceptors (Lipinski definition) is 4. The summed E-state index contributed by atoms with van der Waals surface area (Å²) in [7, 11) is 0. The van der Waals surface area contributed by atoms with E-state index in [-0.39, 0.29) is 21.1 Å². The SMILES string of the molecule is [Pt+2].[c-]1c(-n2cccn2)cccc1C1(c2[c-]c(-n3cccn3)ccc2)OCCCO1. The van der Waals surface area contributed by atoms with Crippen molar-refractivity contribution in [2.75, 3.05) is 13.2 Å². The second-order valence-electron chi connectivity index (χ2n) is 6.47. The van der Waals surface area contributed by atoms with Gasteiger partial charge in [0.1, 0.15) is 0 Å². The molecule has 148 valence electrons. The fraction of sp³-hybridized carbons (Fsp3) is 0.182. The molecule has 3 heterocycles. The van der Waals surface area contributed by atoms with E-state index in [4.69, 9.17) is 9.47 Å². The van der Waals surface area contributed by atoms with Crippen LogP contribution in [0, 0.1) is 12.1 Å². The van der Waals surface area contributed by atoms with Crippen molar-refractivity contribution in [1.82, 2.24) is 19.6 Å². The number of ether oxygens (including phenoxy) is 2. The van der Waals surface area contributed by atoms with Crippen LogP contribution in [0.4, 0.5) is 0 Å². The predicted octanol–water partition coefficient (Wildman–Crippen LogP) is 3.29. The summed E-state index contributed by atoms with van der Waals surface area (Å²) in [5, 5.41) is 8.60. The summed E-state index contributed by atoms with van der Waals surface area (Å²) in [4.78, 5) is 0. The zero-order valence-electron chi connectivity index (χ0n) is 15.5. The molecule has 0 radical (unpaired) electrons. The second kappa shape index (κ2) is 8.45. The maximum absolute atomic E-state index is 6.24. The molecule has 29 heavy (non-hydrogen) atoms. The van der Waals surface area contributed by atoms with Crippen molar-refractivity contribution in [2.45, 2.75) is 12.2 Å². The van der Waals surface area contributed by atoms with Gasteiger partial charge in [0.05, 0.1) is 13.2 Å². The zero-order chi connectivity index (χ0) is 18.8. The number of benzene rings is 2. The minimum atomic E-state index is -1.06. The molecule has 4 aromatic rings. The van der Waals surface area contributed by atoms with Gasteiger partial charge in [0.25, 0.3) is 0 Å². The summed E-state index contributed by atoms with van der Waals surface area (Å²) >= 11 is 0. The predicted molar refractivity (Wildman–Crippen MR) is 102 cm³/mol. The Morgan fingerprint density at radius 1 is 0.759 bits per heavy atom. The molecule has 1 fully saturated rings. The third-order valence-corrected chi connectivity index (χ3v) is 4.67. The average Bonchev–Trinajstić information content (AvgIpc) is 3.49. The maximum atomic E-state index is 6.24. The largest absolute Gasteiger partial charge is 2.00 e. The smallest absolute Gasteiger partial charge is 0.346 e. The van der Waals surface area contributed by atoms with Crippen molar-refractivity contribution in [3.8, 4) is 11.4 Å². The Hall–Kier alpha value is -2.53. The summed E-state index contributed by atoms with van der Waals surface area (Å²) in [6.45, 7) is 1.19. The first-order chi connectivity index (χ1) is 13.9. The summed E-state index contributed by atoms with van der Waals surface area (Å²) in [6.07, 6.45) is 8.10. The zero-order valence-corrected chi connectivity index (χ0v) is 17.7. The number of hydrogen-bond donors (Lipinski definition) is 0. The van der Waals surface area contributed by atoms with Crippen molar-refractivity contribution < 1.29 is 30.5 Å². The molecule has 0 saturated carbocycles. The van der Waals surface area contributed by atoms with Crippen molar-refractivity contribution in [1.29, 1.82) is 0 Å². The van der Waals surface area contributed by atoms with Crippen molar-refractivity contribution in [3.63, 3.8) is 0 Å². The summed E-state index contributed by atoms with van der Waals surface area (Å²) < 4.78 is 16.0. The van der Waals surface area contributed by atoms with Crippen LogP contribution in [0.2, 0.25) is 0 Å². The molecule has 0 N–H and O–H groups in total. The maximum Gasteiger partial charge on any atom is 2.00 e. The molecule has 2 aromatic heterocycles. The van der Waals surface area contributed by atoms with Gasteiger partial charge in [0.15, 0.2) is 5.79 Å². The Balaban J connectivity index is 0.00000205. The minimum Gasteiger partial charge on any atom is -0.346 e. The fourth-order valence-corrected chi connectivity index (χ4v) is 3.38. The van der Waals surface area contributed by atoms with E-state index >= 15 is 0 Å². The van der Waals surface area contributed by atoms with Crippen LogP contribution in [0.3, 0.4) is 0 Å². The van der Waals surface area contributed by atoms with Crippen LogP contribution < -0.4 is 0 Å². The third kappa shape index (κ3) is 3.71. The van der Waals surface area contributed by atoms with Crippen LogP contribution in [-0.4, -0.2) is 32.8 Å². The van der Waals surface area contributed by atoms with Crippen LogP contribution in [-0.2, 0) is 36.3 Å². The van der Waals surface area contributed by atoms with Gasteiger partial charge in [-0.2, -0.15) is 34.5 Å². The molecule has 1 aliphatic rings. The fourth-order valence-electron chi connectivity index (χ4n) is 3.38. The number of nitrogens with zero attached hydrogens (tertiary/aromatic N) is 4. The molecule has 6 nitrogen and oxygen atoms in total. The topological polar surface area (TPSA) is 54.1 Å². The number of aromatic nitrogens is 4. The van der Waals surface area contributed by atoms with Gasteiger partial charge in [0.2, 0.25) is 0 Å². The van der Waals surface area contributed by atoms with Crippen LogP contribution >= 0.6 is 0 Å². The van der Waals surface area contributed by atoms with Crippen LogP contribution in [0.15, 0.2) is 73.3 Å². The van der Waals surface area contributed by atoms with Gasteiger partial charge in [-0.05, 0) is 29.9 Å². The Bertz CT molecular complexity index is 978. The van der Waals surface area contributed by atoms with Crippen LogP contribution in [0.5, 0.6) is 0 Å². The molecule has 5 rings (SSSR count). The van der Waals surface area contributed by atoms with E-state index in [0.29, 0.717) is 13.2 Å². The molecular formula is C22H18N4O2Pt. The summed E-state index contributed by atoms with van der Waals surface area (Å²) in [5.74, 6) is -1.06. The molecule has 0 aliphatic carbocycles. The molecule has 2 aromatic carbocycles. The standard InChI is InChI=1S/C22H18N4O2.Pt/c1-6-18(16-20(8-1)25-12-3-10-23-25)22(27-14-5-15-28-22)19-7-2-9-21(17-19)26-13-4-11-24-26;/h1-4,6-13H,5,14-15H2;/q-2;+2. The van der Waals surface area contributed by atoms with E-state index in [1.54, 1.807) is 21.8 Å². The van der Waals surface area contributed by atoms with Gasteiger partial charge >= 0.3 is 21.1 Å². The van der Waals surface area contributed by atoms with Crippen molar-refractivity contribution >= 4 is 0 Å². The molecule has 0 amide bonds. The first-order valence-corrected chi connectivity index (χ1v) is 9.19. The molecule has 7 heteroatoms. The first-order valence-electron chi connectivity index (χ1n) is 9.19. The molecule has 0 atom stereocenters. The van der Waals surface area contributed by atoms with Gasteiger partial charge in [-0.1, -0.05) is 11.1 Å². The van der Waals surface area contributed by atoms with Gasteiger partial charge in [0, 0.05) is 24.8 Å². The number of rotatable bonds is 4. The molecule has 0 bridgehead atoms. The van der Waals surface area contributed by atoms with Crippen molar-refractivity contribution in [3.05, 3.63) is 96.6 Å². The van der Waals surface area contributed by atoms with Gasteiger partial charge < -0.3 is 9.47 Å². The van der Waals surface area contributed by atoms with E-state index in [9.17, 15) is 0 Å². The van der Waals surface area contributed by atoms with Crippen LogP contribution in [0.1, 0.15) is 17.5 Å². The van der Waals surface area contributed by atoms with Gasteiger partial charge in [-0.3, -0.25) is 9.36 Å². The molecular weight excluding hydrogens is 547 g/mol. The minimum absolute atomic E-state index is 0. The van der Waals surface area contributed by atoms with E-state index < -0.39 is 5.79 Å². The quantitative estimate of drug-likeness (QED) is 0.357. The average molecular weight is 565 g/mol. The van der Waals surface area contributed by atoms with E-state index in [1.807, 2.05) is 60.9 Å². The summed E-state index contributed by atoms with van der Waals surface area (Å²) in [5.41, 5.74) is 3.22. The Labute approximate surface area is 183 Å². The molecule has 1 saturated heterocycles. The second-order valence-corrected chi connectivity index (χ2v) is 6.47. The molecule has 0 unspecified atom stereocenters. The van der Waals surface area contributed by atoms with E-state index in [2.05, 4.69) is 22.3 Å². The first kappa shape index (κ1) is 19.8. The normalized spacial score (nSPS) is 15.6. The van der Waals surface area contributed by atoms with Crippen molar-refractivity contribution in [2.24, 2.45) is 0 Å². The molecule has 1 aliphatic heterocycles. The van der Waals surface area contributed by atoms with Crippen LogP contribution in [0.25, 0.3) is 11.4 Å². The van der Waals surface area contributed by atoms with E-state index in [0.717, 1.165) is 28.9 Å². The Kier molecular flexibility index (Phi) is 5.76. The van der Waals surface area contributed by atoms with Gasteiger partial charge in [-0.15, -0.1) is 24.3 Å². The third-order valence-electron chi connectivity index (χ3n) is 4.67. The Morgan fingerprint density at radius 2 is 1.28 bits per heavy atom. The monoisotopic (exact) mass is 565 g/mol. The van der Waals surface area contributed by atoms with E-state index in [1.165, 1.54) is 0 Å². The summed E-state index contributed by atoms with van der Waals surface area (Å²) in [6, 6.07) is 22.4. The molecule has 0 spiro atoms.